The molecule has 0 spiro atoms. The third-order valence-electron chi connectivity index (χ3n) is 3.93. The molecule has 116 valence electrons. The highest BCUT2D eigenvalue weighted by Crippen LogP contribution is 2.34. The summed E-state index contributed by atoms with van der Waals surface area (Å²) in [4.78, 5) is 11.4. The number of sulfonamides is 1. The molecule has 21 heavy (non-hydrogen) atoms. The van der Waals surface area contributed by atoms with Gasteiger partial charge in [0.2, 0.25) is 10.0 Å². The molecule has 1 heterocycles. The first kappa shape index (κ1) is 15.9. The van der Waals surface area contributed by atoms with Crippen molar-refractivity contribution in [3.63, 3.8) is 0 Å². The molecule has 2 rings (SSSR count). The van der Waals surface area contributed by atoms with E-state index in [2.05, 4.69) is 0 Å². The summed E-state index contributed by atoms with van der Waals surface area (Å²) in [5.41, 5.74) is 0. The van der Waals surface area contributed by atoms with Gasteiger partial charge in [-0.15, -0.1) is 0 Å². The van der Waals surface area contributed by atoms with Crippen molar-refractivity contribution in [2.24, 2.45) is 11.8 Å². The summed E-state index contributed by atoms with van der Waals surface area (Å²) in [6.07, 6.45) is 0.509. The van der Waals surface area contributed by atoms with Gasteiger partial charge in [0.05, 0.1) is 4.90 Å². The maximum absolute atomic E-state index is 12.9. The minimum absolute atomic E-state index is 0.0690. The van der Waals surface area contributed by atoms with Gasteiger partial charge in [-0.1, -0.05) is 13.8 Å². The van der Waals surface area contributed by atoms with Crippen molar-refractivity contribution in [2.75, 3.05) is 6.54 Å². The Balaban J connectivity index is 2.39. The normalized spacial score (nSPS) is 23.6. The number of rotatable bonds is 4. The van der Waals surface area contributed by atoms with Crippen LogP contribution in [0, 0.1) is 17.7 Å². The number of hydrogen-bond acceptors (Lipinski definition) is 3. The predicted molar refractivity (Wildman–Crippen MR) is 74.7 cm³/mol. The molecule has 1 fully saturated rings. The number of hydrogen-bond donors (Lipinski definition) is 1. The molecular formula is C14H18FNO4S. The molecule has 0 bridgehead atoms. The summed E-state index contributed by atoms with van der Waals surface area (Å²) in [6, 6.07) is 3.36. The van der Waals surface area contributed by atoms with Gasteiger partial charge in [0.1, 0.15) is 11.9 Å². The van der Waals surface area contributed by atoms with Crippen LogP contribution in [0.4, 0.5) is 4.39 Å². The highest BCUT2D eigenvalue weighted by atomic mass is 32.2. The average molecular weight is 315 g/mol. The molecule has 1 aromatic carbocycles. The molecule has 1 N–H and O–H groups in total. The Morgan fingerprint density at radius 1 is 1.33 bits per heavy atom. The van der Waals surface area contributed by atoms with E-state index in [1.165, 1.54) is 0 Å². The number of halogens is 1. The van der Waals surface area contributed by atoms with E-state index in [9.17, 15) is 22.7 Å². The van der Waals surface area contributed by atoms with Gasteiger partial charge in [0.25, 0.3) is 0 Å². The third kappa shape index (κ3) is 2.94. The fraction of sp³-hybridized carbons (Fsp3) is 0.500. The number of benzene rings is 1. The lowest BCUT2D eigenvalue weighted by Crippen LogP contribution is -2.44. The molecule has 0 radical (unpaired) electrons. The molecule has 5 nitrogen and oxygen atoms in total. The summed E-state index contributed by atoms with van der Waals surface area (Å²) in [5.74, 6) is -1.83. The van der Waals surface area contributed by atoms with Gasteiger partial charge >= 0.3 is 5.97 Å². The fourth-order valence-electron chi connectivity index (χ4n) is 2.80. The summed E-state index contributed by atoms with van der Waals surface area (Å²) in [6.45, 7) is 3.93. The van der Waals surface area contributed by atoms with E-state index in [-0.39, 0.29) is 23.3 Å². The van der Waals surface area contributed by atoms with E-state index >= 15 is 0 Å². The SMILES string of the molecule is CC(C)[C@H]1CCN(S(=O)(=O)c2ccc(F)cc2)[C@@H]1C(=O)O. The second-order valence-corrected chi connectivity index (χ2v) is 7.44. The van der Waals surface area contributed by atoms with E-state index in [0.29, 0.717) is 6.42 Å². The first-order valence-corrected chi connectivity index (χ1v) is 8.19. The number of aliphatic carboxylic acids is 1. The number of carboxylic acids is 1. The number of carbonyl (C=O) groups is 1. The Morgan fingerprint density at radius 3 is 2.38 bits per heavy atom. The van der Waals surface area contributed by atoms with Crippen LogP contribution >= 0.6 is 0 Å². The lowest BCUT2D eigenvalue weighted by Gasteiger charge is -2.26. The van der Waals surface area contributed by atoms with Crippen LogP contribution in [0.2, 0.25) is 0 Å². The van der Waals surface area contributed by atoms with Gasteiger partial charge in [0, 0.05) is 6.54 Å². The zero-order chi connectivity index (χ0) is 15.8. The Bertz CT molecular complexity index is 627. The summed E-state index contributed by atoms with van der Waals surface area (Å²) in [5, 5.41) is 9.39. The predicted octanol–water partition coefficient (Wildman–Crippen LogP) is 1.95. The fourth-order valence-corrected chi connectivity index (χ4v) is 4.44. The molecule has 1 aliphatic rings. The molecule has 0 amide bonds. The van der Waals surface area contributed by atoms with Crippen LogP contribution in [0.15, 0.2) is 29.2 Å². The lowest BCUT2D eigenvalue weighted by molar-refractivity contribution is -0.142. The quantitative estimate of drug-likeness (QED) is 0.921. The molecule has 7 heteroatoms. The van der Waals surface area contributed by atoms with Gasteiger partial charge in [-0.2, -0.15) is 4.31 Å². The first-order chi connectivity index (χ1) is 9.75. The second kappa shape index (κ2) is 5.73. The van der Waals surface area contributed by atoms with Crippen LogP contribution in [-0.4, -0.2) is 36.4 Å². The largest absolute Gasteiger partial charge is 0.480 e. The topological polar surface area (TPSA) is 74.7 Å². The maximum atomic E-state index is 12.9. The van der Waals surface area contributed by atoms with Gasteiger partial charge in [-0.3, -0.25) is 4.79 Å². The molecule has 1 aromatic rings. The zero-order valence-electron chi connectivity index (χ0n) is 11.9. The average Bonchev–Trinajstić information content (AvgIpc) is 2.84. The zero-order valence-corrected chi connectivity index (χ0v) is 12.7. The number of carboxylic acid groups (broad SMARTS) is 1. The van der Waals surface area contributed by atoms with Crippen molar-refractivity contribution in [1.82, 2.24) is 4.31 Å². The Labute approximate surface area is 123 Å². The van der Waals surface area contributed by atoms with Crippen LogP contribution in [0.3, 0.4) is 0 Å². The maximum Gasteiger partial charge on any atom is 0.322 e. The van der Waals surface area contributed by atoms with E-state index in [1.54, 1.807) is 0 Å². The van der Waals surface area contributed by atoms with Crippen LogP contribution in [-0.2, 0) is 14.8 Å². The standard InChI is InChI=1S/C14H18FNO4S/c1-9(2)12-7-8-16(13(12)14(17)18)21(19,20)11-5-3-10(15)4-6-11/h3-6,9,12-13H,7-8H2,1-2H3,(H,17,18)/t12-,13+/m1/s1. The van der Waals surface area contributed by atoms with Crippen molar-refractivity contribution < 1.29 is 22.7 Å². The van der Waals surface area contributed by atoms with Crippen molar-refractivity contribution in [1.29, 1.82) is 0 Å². The molecule has 1 saturated heterocycles. The summed E-state index contributed by atoms with van der Waals surface area (Å²) < 4.78 is 39.1. The Morgan fingerprint density at radius 2 is 1.90 bits per heavy atom. The second-order valence-electron chi connectivity index (χ2n) is 5.55. The van der Waals surface area contributed by atoms with Gasteiger partial charge < -0.3 is 5.11 Å². The van der Waals surface area contributed by atoms with Crippen molar-refractivity contribution >= 4 is 16.0 Å². The Kier molecular flexibility index (Phi) is 4.34. The minimum Gasteiger partial charge on any atom is -0.480 e. The van der Waals surface area contributed by atoms with Crippen LogP contribution < -0.4 is 0 Å². The molecule has 0 saturated carbocycles. The molecule has 2 atom stereocenters. The van der Waals surface area contributed by atoms with E-state index < -0.39 is 27.9 Å². The van der Waals surface area contributed by atoms with Crippen molar-refractivity contribution in [3.8, 4) is 0 Å². The van der Waals surface area contributed by atoms with E-state index in [0.717, 1.165) is 28.6 Å². The van der Waals surface area contributed by atoms with Crippen LogP contribution in [0.1, 0.15) is 20.3 Å². The van der Waals surface area contributed by atoms with Crippen molar-refractivity contribution in [3.05, 3.63) is 30.1 Å². The molecule has 0 aliphatic carbocycles. The third-order valence-corrected chi connectivity index (χ3v) is 5.82. The van der Waals surface area contributed by atoms with Crippen LogP contribution in [0.25, 0.3) is 0 Å². The van der Waals surface area contributed by atoms with Gasteiger partial charge in [0.15, 0.2) is 0 Å². The minimum atomic E-state index is -3.93. The first-order valence-electron chi connectivity index (χ1n) is 6.75. The molecular weight excluding hydrogens is 297 g/mol. The molecule has 0 unspecified atom stereocenters. The monoisotopic (exact) mass is 315 g/mol. The van der Waals surface area contributed by atoms with Gasteiger partial charge in [-0.05, 0) is 42.5 Å². The van der Waals surface area contributed by atoms with E-state index in [4.69, 9.17) is 0 Å². The van der Waals surface area contributed by atoms with E-state index in [1.807, 2.05) is 13.8 Å². The highest BCUT2D eigenvalue weighted by Gasteiger charge is 2.46. The van der Waals surface area contributed by atoms with Gasteiger partial charge in [-0.25, -0.2) is 12.8 Å². The Hall–Kier alpha value is -1.47. The summed E-state index contributed by atoms with van der Waals surface area (Å²) >= 11 is 0. The summed E-state index contributed by atoms with van der Waals surface area (Å²) in [7, 11) is -3.93. The number of nitrogens with zero attached hydrogens (tertiary/aromatic N) is 1. The lowest BCUT2D eigenvalue weighted by atomic mass is 9.89. The van der Waals surface area contributed by atoms with Crippen LogP contribution in [0.5, 0.6) is 0 Å². The highest BCUT2D eigenvalue weighted by molar-refractivity contribution is 7.89. The molecule has 0 aromatic heterocycles. The smallest absolute Gasteiger partial charge is 0.322 e. The molecule has 1 aliphatic heterocycles. The van der Waals surface area contributed by atoms with Crippen molar-refractivity contribution in [2.45, 2.75) is 31.2 Å².